The van der Waals surface area contributed by atoms with Crippen LogP contribution in [0, 0.1) is 0 Å². The minimum Gasteiger partial charge on any atom is -0.350 e. The minimum absolute atomic E-state index is 0.00102. The number of amides is 3. The highest BCUT2D eigenvalue weighted by Crippen LogP contribution is 2.18. The molecule has 31 heavy (non-hydrogen) atoms. The summed E-state index contributed by atoms with van der Waals surface area (Å²) in [6.45, 7) is 7.82. The quantitative estimate of drug-likeness (QED) is 0.608. The Kier molecular flexibility index (Phi) is 8.73. The van der Waals surface area contributed by atoms with Crippen LogP contribution in [-0.4, -0.2) is 34.8 Å². The van der Waals surface area contributed by atoms with E-state index in [-0.39, 0.29) is 42.6 Å². The van der Waals surface area contributed by atoms with Gasteiger partial charge in [-0.2, -0.15) is 0 Å². The van der Waals surface area contributed by atoms with Crippen LogP contribution in [0.25, 0.3) is 0 Å². The van der Waals surface area contributed by atoms with Crippen LogP contribution in [0.4, 0.5) is 11.5 Å². The lowest BCUT2D eigenvalue weighted by molar-refractivity contribution is -0.125. The molecule has 0 aliphatic heterocycles. The van der Waals surface area contributed by atoms with E-state index in [9.17, 15) is 14.4 Å². The van der Waals surface area contributed by atoms with Crippen molar-refractivity contribution in [3.05, 3.63) is 54.2 Å². The van der Waals surface area contributed by atoms with Gasteiger partial charge in [-0.1, -0.05) is 32.0 Å². The van der Waals surface area contributed by atoms with Crippen LogP contribution in [0.15, 0.2) is 48.7 Å². The van der Waals surface area contributed by atoms with Gasteiger partial charge in [-0.05, 0) is 56.5 Å². The Morgan fingerprint density at radius 1 is 0.968 bits per heavy atom. The van der Waals surface area contributed by atoms with E-state index in [0.717, 1.165) is 18.4 Å². The number of aromatic nitrogens is 1. The summed E-state index contributed by atoms with van der Waals surface area (Å²) in [5, 5.41) is 5.63. The van der Waals surface area contributed by atoms with Crippen LogP contribution in [0.3, 0.4) is 0 Å². The Hall–Kier alpha value is -3.22. The number of nitrogens with zero attached hydrogens (tertiary/aromatic N) is 2. The predicted octanol–water partition coefficient (Wildman–Crippen LogP) is 3.70. The minimum atomic E-state index is -0.361. The zero-order chi connectivity index (χ0) is 22.9. The SMILES string of the molecule is CCc1ccc(N(CC(=O)NC(C)(C)CC)C(=O)CCC(=O)Nc2ccccn2)cc1. The van der Waals surface area contributed by atoms with Crippen LogP contribution in [0.1, 0.15) is 52.5 Å². The summed E-state index contributed by atoms with van der Waals surface area (Å²) in [6, 6.07) is 12.8. The third kappa shape index (κ3) is 7.85. The first-order valence-corrected chi connectivity index (χ1v) is 10.6. The highest BCUT2D eigenvalue weighted by atomic mass is 16.2. The third-order valence-electron chi connectivity index (χ3n) is 5.12. The molecule has 0 radical (unpaired) electrons. The summed E-state index contributed by atoms with van der Waals surface area (Å²) in [5.74, 6) is -0.388. The number of nitrogens with one attached hydrogen (secondary N) is 2. The Morgan fingerprint density at radius 3 is 2.26 bits per heavy atom. The van der Waals surface area contributed by atoms with Crippen molar-refractivity contribution in [2.45, 2.75) is 58.9 Å². The molecule has 1 aromatic carbocycles. The molecule has 2 rings (SSSR count). The van der Waals surface area contributed by atoms with Crippen LogP contribution in [0.2, 0.25) is 0 Å². The van der Waals surface area contributed by atoms with Gasteiger partial charge < -0.3 is 15.5 Å². The molecule has 0 aliphatic carbocycles. The molecule has 0 spiro atoms. The van der Waals surface area contributed by atoms with E-state index in [1.807, 2.05) is 45.0 Å². The largest absolute Gasteiger partial charge is 0.350 e. The van der Waals surface area contributed by atoms with Crippen LogP contribution in [0.5, 0.6) is 0 Å². The summed E-state index contributed by atoms with van der Waals surface area (Å²) >= 11 is 0. The van der Waals surface area contributed by atoms with E-state index < -0.39 is 0 Å². The molecular weight excluding hydrogens is 392 g/mol. The number of benzene rings is 1. The van der Waals surface area contributed by atoms with Gasteiger partial charge in [0, 0.05) is 30.3 Å². The first-order chi connectivity index (χ1) is 14.7. The molecule has 7 heteroatoms. The van der Waals surface area contributed by atoms with Crippen molar-refractivity contribution < 1.29 is 14.4 Å². The molecule has 166 valence electrons. The fourth-order valence-corrected chi connectivity index (χ4v) is 2.88. The van der Waals surface area contributed by atoms with Crippen molar-refractivity contribution in [3.8, 4) is 0 Å². The fourth-order valence-electron chi connectivity index (χ4n) is 2.88. The molecule has 0 bridgehead atoms. The Balaban J connectivity index is 2.07. The van der Waals surface area contributed by atoms with Gasteiger partial charge in [0.25, 0.3) is 0 Å². The molecule has 1 heterocycles. The van der Waals surface area contributed by atoms with Gasteiger partial charge in [0.05, 0.1) is 0 Å². The van der Waals surface area contributed by atoms with Gasteiger partial charge >= 0.3 is 0 Å². The van der Waals surface area contributed by atoms with Gasteiger partial charge in [0.15, 0.2) is 0 Å². The van der Waals surface area contributed by atoms with E-state index in [4.69, 9.17) is 0 Å². The summed E-state index contributed by atoms with van der Waals surface area (Å²) in [4.78, 5) is 43.3. The van der Waals surface area contributed by atoms with Crippen LogP contribution >= 0.6 is 0 Å². The number of hydrogen-bond donors (Lipinski definition) is 2. The van der Waals surface area contributed by atoms with Gasteiger partial charge in [-0.15, -0.1) is 0 Å². The average molecular weight is 425 g/mol. The number of hydrogen-bond acceptors (Lipinski definition) is 4. The first-order valence-electron chi connectivity index (χ1n) is 10.6. The third-order valence-corrected chi connectivity index (χ3v) is 5.12. The van der Waals surface area contributed by atoms with Crippen molar-refractivity contribution >= 4 is 29.2 Å². The van der Waals surface area contributed by atoms with Gasteiger partial charge in [0.2, 0.25) is 17.7 Å². The molecule has 7 nitrogen and oxygen atoms in total. The molecule has 2 aromatic rings. The number of rotatable bonds is 10. The second-order valence-electron chi connectivity index (χ2n) is 8.05. The molecule has 1 aromatic heterocycles. The monoisotopic (exact) mass is 424 g/mol. The standard InChI is InChI=1S/C24H32N4O3/c1-5-18-10-12-19(13-11-18)28(17-22(30)27-24(3,4)6-2)23(31)15-14-21(29)26-20-9-7-8-16-25-20/h7-13,16H,5-6,14-15,17H2,1-4H3,(H,27,30)(H,25,26,29). The zero-order valence-electron chi connectivity index (χ0n) is 18.8. The molecule has 0 atom stereocenters. The molecular formula is C24H32N4O3. The number of anilines is 2. The molecule has 0 unspecified atom stereocenters. The summed E-state index contributed by atoms with van der Waals surface area (Å²) in [7, 11) is 0. The maximum absolute atomic E-state index is 13.0. The van der Waals surface area contributed by atoms with E-state index in [2.05, 4.69) is 22.5 Å². The molecule has 0 saturated carbocycles. The molecule has 2 N–H and O–H groups in total. The topological polar surface area (TPSA) is 91.4 Å². The van der Waals surface area contributed by atoms with E-state index in [1.54, 1.807) is 24.4 Å². The number of pyridine rings is 1. The van der Waals surface area contributed by atoms with Gasteiger partial charge in [-0.25, -0.2) is 4.98 Å². The van der Waals surface area contributed by atoms with Gasteiger partial charge in [-0.3, -0.25) is 14.4 Å². The van der Waals surface area contributed by atoms with Crippen molar-refractivity contribution in [3.63, 3.8) is 0 Å². The maximum atomic E-state index is 13.0. The van der Waals surface area contributed by atoms with E-state index in [0.29, 0.717) is 11.5 Å². The van der Waals surface area contributed by atoms with Crippen molar-refractivity contribution in [1.82, 2.24) is 10.3 Å². The Morgan fingerprint density at radius 2 is 1.68 bits per heavy atom. The normalized spacial score (nSPS) is 11.0. The Bertz CT molecular complexity index is 879. The van der Waals surface area contributed by atoms with Crippen LogP contribution in [-0.2, 0) is 20.8 Å². The van der Waals surface area contributed by atoms with E-state index in [1.165, 1.54) is 4.90 Å². The number of aryl methyl sites for hydroxylation is 1. The summed E-state index contributed by atoms with van der Waals surface area (Å²) in [6.07, 6.45) is 3.22. The molecule has 0 fully saturated rings. The lowest BCUT2D eigenvalue weighted by Gasteiger charge is -2.28. The lowest BCUT2D eigenvalue weighted by atomic mass is 10.0. The lowest BCUT2D eigenvalue weighted by Crippen LogP contribution is -2.48. The second-order valence-corrected chi connectivity index (χ2v) is 8.05. The Labute approximate surface area is 184 Å². The maximum Gasteiger partial charge on any atom is 0.240 e. The number of carbonyl (C=O) groups excluding carboxylic acids is 3. The molecule has 3 amide bonds. The second kappa shape index (κ2) is 11.2. The van der Waals surface area contributed by atoms with Crippen LogP contribution < -0.4 is 15.5 Å². The molecule has 0 saturated heterocycles. The first kappa shape index (κ1) is 24.1. The summed E-state index contributed by atoms with van der Waals surface area (Å²) < 4.78 is 0. The van der Waals surface area contributed by atoms with E-state index >= 15 is 0 Å². The highest BCUT2D eigenvalue weighted by molar-refractivity contribution is 6.01. The number of carbonyl (C=O) groups is 3. The average Bonchev–Trinajstić information content (AvgIpc) is 2.76. The fraction of sp³-hybridized carbons (Fsp3) is 0.417. The molecule has 0 aliphatic rings. The van der Waals surface area contributed by atoms with Gasteiger partial charge in [0.1, 0.15) is 12.4 Å². The smallest absolute Gasteiger partial charge is 0.240 e. The van der Waals surface area contributed by atoms with Crippen molar-refractivity contribution in [2.24, 2.45) is 0 Å². The van der Waals surface area contributed by atoms with Crippen molar-refractivity contribution in [1.29, 1.82) is 0 Å². The predicted molar refractivity (Wildman–Crippen MR) is 123 cm³/mol. The summed E-state index contributed by atoms with van der Waals surface area (Å²) in [5.41, 5.74) is 1.42. The zero-order valence-corrected chi connectivity index (χ0v) is 18.8. The van der Waals surface area contributed by atoms with Crippen molar-refractivity contribution in [2.75, 3.05) is 16.8 Å². The highest BCUT2D eigenvalue weighted by Gasteiger charge is 2.23.